The van der Waals surface area contributed by atoms with E-state index >= 15 is 0 Å². The third-order valence-electron chi connectivity index (χ3n) is 3.47. The summed E-state index contributed by atoms with van der Waals surface area (Å²) in [5.41, 5.74) is 2.63. The van der Waals surface area contributed by atoms with Gasteiger partial charge in [0, 0.05) is 36.4 Å². The quantitative estimate of drug-likeness (QED) is 0.895. The highest BCUT2D eigenvalue weighted by atomic mass is 35.5. The van der Waals surface area contributed by atoms with Crippen LogP contribution in [0.15, 0.2) is 6.20 Å². The second-order valence-corrected chi connectivity index (χ2v) is 6.23. The molecule has 1 aromatic rings. The van der Waals surface area contributed by atoms with Crippen LogP contribution in [0.25, 0.3) is 0 Å². The van der Waals surface area contributed by atoms with Gasteiger partial charge in [-0.1, -0.05) is 20.8 Å². The van der Waals surface area contributed by atoms with E-state index in [4.69, 9.17) is 4.74 Å². The van der Waals surface area contributed by atoms with E-state index in [0.717, 1.165) is 26.3 Å². The van der Waals surface area contributed by atoms with Crippen molar-refractivity contribution in [1.29, 1.82) is 0 Å². The molecular formula is C14H26ClN3O. The van der Waals surface area contributed by atoms with Crippen LogP contribution in [0.5, 0.6) is 0 Å². The van der Waals surface area contributed by atoms with Gasteiger partial charge in [0.2, 0.25) is 0 Å². The van der Waals surface area contributed by atoms with Crippen molar-refractivity contribution in [3.05, 3.63) is 17.5 Å². The molecule has 1 aliphatic rings. The molecule has 0 spiro atoms. The van der Waals surface area contributed by atoms with E-state index in [2.05, 4.69) is 36.3 Å². The molecule has 0 aliphatic carbocycles. The van der Waals surface area contributed by atoms with Gasteiger partial charge in [0.25, 0.3) is 0 Å². The first-order valence-electron chi connectivity index (χ1n) is 6.88. The van der Waals surface area contributed by atoms with Crippen LogP contribution in [0.2, 0.25) is 0 Å². The van der Waals surface area contributed by atoms with E-state index in [1.807, 2.05) is 6.20 Å². The van der Waals surface area contributed by atoms with Crippen molar-refractivity contribution in [3.8, 4) is 0 Å². The minimum absolute atomic E-state index is 0. The SMILES string of the molecule is CC(C)(C)c1[nH]ncc1CNCC1CCCOC1.Cl. The van der Waals surface area contributed by atoms with Gasteiger partial charge in [-0.15, -0.1) is 12.4 Å². The molecule has 110 valence electrons. The zero-order valence-corrected chi connectivity index (χ0v) is 13.0. The lowest BCUT2D eigenvalue weighted by atomic mass is 9.89. The van der Waals surface area contributed by atoms with E-state index in [1.165, 1.54) is 24.1 Å². The fourth-order valence-corrected chi connectivity index (χ4v) is 2.47. The number of hydrogen-bond donors (Lipinski definition) is 2. The minimum Gasteiger partial charge on any atom is -0.381 e. The number of nitrogens with zero attached hydrogens (tertiary/aromatic N) is 1. The topological polar surface area (TPSA) is 49.9 Å². The molecule has 1 fully saturated rings. The summed E-state index contributed by atoms with van der Waals surface area (Å²) in [6, 6.07) is 0. The van der Waals surface area contributed by atoms with E-state index in [1.54, 1.807) is 0 Å². The molecule has 0 aromatic carbocycles. The number of rotatable bonds is 4. The van der Waals surface area contributed by atoms with Crippen LogP contribution < -0.4 is 5.32 Å². The molecule has 19 heavy (non-hydrogen) atoms. The first-order valence-corrected chi connectivity index (χ1v) is 6.88. The van der Waals surface area contributed by atoms with Crippen LogP contribution in [0.4, 0.5) is 0 Å². The molecule has 1 atom stereocenters. The van der Waals surface area contributed by atoms with E-state index < -0.39 is 0 Å². The Morgan fingerprint density at radius 3 is 2.89 bits per heavy atom. The van der Waals surface area contributed by atoms with Crippen molar-refractivity contribution in [1.82, 2.24) is 15.5 Å². The first kappa shape index (κ1) is 16.5. The van der Waals surface area contributed by atoms with E-state index in [0.29, 0.717) is 5.92 Å². The Balaban J connectivity index is 0.00000180. The standard InChI is InChI=1S/C14H25N3O.ClH/c1-14(2,3)13-12(9-16-17-13)8-15-7-11-5-4-6-18-10-11;/h9,11,15H,4-8,10H2,1-3H3,(H,16,17);1H. The summed E-state index contributed by atoms with van der Waals surface area (Å²) in [5.74, 6) is 0.670. The van der Waals surface area contributed by atoms with Crippen LogP contribution in [0.1, 0.15) is 44.9 Å². The van der Waals surface area contributed by atoms with Gasteiger partial charge in [-0.25, -0.2) is 0 Å². The summed E-state index contributed by atoms with van der Waals surface area (Å²) >= 11 is 0. The van der Waals surface area contributed by atoms with Crippen molar-refractivity contribution in [3.63, 3.8) is 0 Å². The van der Waals surface area contributed by atoms with Crippen molar-refractivity contribution in [2.45, 2.75) is 45.6 Å². The average molecular weight is 288 g/mol. The van der Waals surface area contributed by atoms with Gasteiger partial charge >= 0.3 is 0 Å². The molecular weight excluding hydrogens is 262 g/mol. The maximum Gasteiger partial charge on any atom is 0.0535 e. The molecule has 2 heterocycles. The van der Waals surface area contributed by atoms with Gasteiger partial charge in [0.1, 0.15) is 0 Å². The second kappa shape index (κ2) is 7.27. The van der Waals surface area contributed by atoms with Crippen LogP contribution >= 0.6 is 12.4 Å². The molecule has 1 unspecified atom stereocenters. The molecule has 4 nitrogen and oxygen atoms in total. The molecule has 0 amide bonds. The number of nitrogens with one attached hydrogen (secondary N) is 2. The highest BCUT2D eigenvalue weighted by Crippen LogP contribution is 2.23. The van der Waals surface area contributed by atoms with Gasteiger partial charge in [-0.2, -0.15) is 5.10 Å². The molecule has 1 saturated heterocycles. The van der Waals surface area contributed by atoms with Crippen LogP contribution in [-0.2, 0) is 16.7 Å². The third kappa shape index (κ3) is 4.79. The predicted octanol–water partition coefficient (Wildman–Crippen LogP) is 2.65. The highest BCUT2D eigenvalue weighted by molar-refractivity contribution is 5.85. The Labute approximate surface area is 122 Å². The number of aromatic amines is 1. The van der Waals surface area contributed by atoms with E-state index in [9.17, 15) is 0 Å². The smallest absolute Gasteiger partial charge is 0.0535 e. The number of H-pyrrole nitrogens is 1. The summed E-state index contributed by atoms with van der Waals surface area (Å²) < 4.78 is 5.49. The van der Waals surface area contributed by atoms with Gasteiger partial charge in [-0.05, 0) is 18.8 Å². The summed E-state index contributed by atoms with van der Waals surface area (Å²) in [4.78, 5) is 0. The molecule has 2 N–H and O–H groups in total. The molecule has 5 heteroatoms. The Morgan fingerprint density at radius 2 is 2.26 bits per heavy atom. The highest BCUT2D eigenvalue weighted by Gasteiger charge is 2.20. The minimum atomic E-state index is 0. The van der Waals surface area contributed by atoms with Crippen molar-refractivity contribution in [2.75, 3.05) is 19.8 Å². The molecule has 2 rings (SSSR count). The molecule has 0 radical (unpaired) electrons. The van der Waals surface area contributed by atoms with Crippen LogP contribution in [0, 0.1) is 5.92 Å². The Bertz CT molecular complexity index is 367. The normalized spacial score (nSPS) is 20.1. The third-order valence-corrected chi connectivity index (χ3v) is 3.47. The Morgan fingerprint density at radius 1 is 1.47 bits per heavy atom. The number of hydrogen-bond acceptors (Lipinski definition) is 3. The summed E-state index contributed by atoms with van der Waals surface area (Å²) in [5, 5.41) is 10.8. The molecule has 0 bridgehead atoms. The molecule has 1 aliphatic heterocycles. The zero-order valence-electron chi connectivity index (χ0n) is 12.2. The maximum absolute atomic E-state index is 5.49. The van der Waals surface area contributed by atoms with Crippen molar-refractivity contribution in [2.24, 2.45) is 5.92 Å². The average Bonchev–Trinajstić information content (AvgIpc) is 2.78. The lowest BCUT2D eigenvalue weighted by Crippen LogP contribution is -2.29. The Kier molecular flexibility index (Phi) is 6.30. The monoisotopic (exact) mass is 287 g/mol. The van der Waals surface area contributed by atoms with Crippen molar-refractivity contribution >= 4 is 12.4 Å². The first-order chi connectivity index (χ1) is 8.57. The lowest BCUT2D eigenvalue weighted by molar-refractivity contribution is 0.0547. The molecule has 0 saturated carbocycles. The lowest BCUT2D eigenvalue weighted by Gasteiger charge is -2.23. The predicted molar refractivity (Wildman–Crippen MR) is 79.8 cm³/mol. The fourth-order valence-electron chi connectivity index (χ4n) is 2.47. The van der Waals surface area contributed by atoms with Gasteiger partial charge < -0.3 is 10.1 Å². The summed E-state index contributed by atoms with van der Waals surface area (Å²) in [6.45, 7) is 10.4. The summed E-state index contributed by atoms with van der Waals surface area (Å²) in [7, 11) is 0. The van der Waals surface area contributed by atoms with Crippen LogP contribution in [-0.4, -0.2) is 30.0 Å². The summed E-state index contributed by atoms with van der Waals surface area (Å²) in [6.07, 6.45) is 4.42. The van der Waals surface area contributed by atoms with Crippen molar-refractivity contribution < 1.29 is 4.74 Å². The fraction of sp³-hybridized carbons (Fsp3) is 0.786. The number of ether oxygens (including phenoxy) is 1. The van der Waals surface area contributed by atoms with Gasteiger partial charge in [0.15, 0.2) is 0 Å². The van der Waals surface area contributed by atoms with E-state index in [-0.39, 0.29) is 17.8 Å². The second-order valence-electron chi connectivity index (χ2n) is 6.23. The number of aromatic nitrogens is 2. The molecule has 1 aromatic heterocycles. The van der Waals surface area contributed by atoms with Crippen LogP contribution in [0.3, 0.4) is 0 Å². The maximum atomic E-state index is 5.49. The van der Waals surface area contributed by atoms with Gasteiger partial charge in [-0.3, -0.25) is 5.10 Å². The largest absolute Gasteiger partial charge is 0.381 e. The Hall–Kier alpha value is -0.580. The number of halogens is 1. The zero-order chi connectivity index (χ0) is 13.0. The van der Waals surface area contributed by atoms with Gasteiger partial charge in [0.05, 0.1) is 12.8 Å².